The van der Waals surface area contributed by atoms with Crippen LogP contribution in [-0.4, -0.2) is 30.6 Å². The fourth-order valence-corrected chi connectivity index (χ4v) is 3.34. The second-order valence-corrected chi connectivity index (χ2v) is 5.43. The monoisotopic (exact) mass is 268 g/mol. The second kappa shape index (κ2) is 6.18. The van der Waals surface area contributed by atoms with Gasteiger partial charge in [0.1, 0.15) is 0 Å². The van der Waals surface area contributed by atoms with Gasteiger partial charge in [-0.3, -0.25) is 4.79 Å². The van der Waals surface area contributed by atoms with Crippen LogP contribution in [0, 0.1) is 0 Å². The number of aromatic nitrogens is 1. The zero-order valence-corrected chi connectivity index (χ0v) is 11.8. The Labute approximate surface area is 112 Å². The molecule has 2 heterocycles. The largest absolute Gasteiger partial charge is 0.469 e. The Morgan fingerprint density at radius 1 is 1.61 bits per heavy atom. The first-order valence-corrected chi connectivity index (χ1v) is 7.40. The van der Waals surface area contributed by atoms with Gasteiger partial charge in [0.2, 0.25) is 0 Å². The number of ether oxygens (including phenoxy) is 1. The quantitative estimate of drug-likeness (QED) is 0.787. The van der Waals surface area contributed by atoms with Crippen molar-refractivity contribution in [2.45, 2.75) is 45.1 Å². The van der Waals surface area contributed by atoms with Crippen LogP contribution in [0.3, 0.4) is 0 Å². The van der Waals surface area contributed by atoms with Crippen molar-refractivity contribution in [3.8, 4) is 0 Å². The van der Waals surface area contributed by atoms with Gasteiger partial charge in [-0.15, -0.1) is 11.3 Å². The van der Waals surface area contributed by atoms with Crippen LogP contribution in [0.15, 0.2) is 5.38 Å². The van der Waals surface area contributed by atoms with Gasteiger partial charge in [-0.1, -0.05) is 6.92 Å². The van der Waals surface area contributed by atoms with E-state index in [2.05, 4.69) is 22.2 Å². The van der Waals surface area contributed by atoms with Crippen LogP contribution in [-0.2, 0) is 16.0 Å². The smallest absolute Gasteiger partial charge is 0.307 e. The van der Waals surface area contributed by atoms with Gasteiger partial charge in [-0.2, -0.15) is 0 Å². The predicted molar refractivity (Wildman–Crippen MR) is 73.1 cm³/mol. The number of carbonyl (C=O) groups is 1. The molecule has 1 atom stereocenters. The number of rotatable bonds is 4. The van der Waals surface area contributed by atoms with Crippen molar-refractivity contribution < 1.29 is 9.53 Å². The first kappa shape index (κ1) is 13.3. The van der Waals surface area contributed by atoms with E-state index in [1.54, 1.807) is 11.3 Å². The van der Waals surface area contributed by atoms with Crippen LogP contribution in [0.5, 0.6) is 0 Å². The lowest BCUT2D eigenvalue weighted by Gasteiger charge is -2.34. The number of carbonyl (C=O) groups excluding carboxylic acids is 1. The van der Waals surface area contributed by atoms with Crippen molar-refractivity contribution in [3.63, 3.8) is 0 Å². The molecule has 18 heavy (non-hydrogen) atoms. The van der Waals surface area contributed by atoms with Crippen molar-refractivity contribution in [3.05, 3.63) is 11.1 Å². The van der Waals surface area contributed by atoms with E-state index < -0.39 is 0 Å². The van der Waals surface area contributed by atoms with Gasteiger partial charge in [-0.05, 0) is 25.7 Å². The SMILES string of the molecule is CCc1csc(N2CCCCC2CC(=O)OC)n1. The molecule has 1 aliphatic heterocycles. The molecule has 2 rings (SSSR count). The van der Waals surface area contributed by atoms with E-state index in [1.807, 2.05) is 0 Å². The van der Waals surface area contributed by atoms with Gasteiger partial charge in [0.15, 0.2) is 5.13 Å². The number of aryl methyl sites for hydroxylation is 1. The fourth-order valence-electron chi connectivity index (χ4n) is 2.33. The van der Waals surface area contributed by atoms with E-state index in [1.165, 1.54) is 20.0 Å². The van der Waals surface area contributed by atoms with Crippen molar-refractivity contribution in [2.75, 3.05) is 18.6 Å². The van der Waals surface area contributed by atoms with Crippen LogP contribution < -0.4 is 4.90 Å². The topological polar surface area (TPSA) is 42.4 Å². The number of anilines is 1. The Kier molecular flexibility index (Phi) is 4.58. The fraction of sp³-hybridized carbons (Fsp3) is 0.692. The summed E-state index contributed by atoms with van der Waals surface area (Å²) < 4.78 is 4.78. The Morgan fingerprint density at radius 2 is 2.44 bits per heavy atom. The maximum Gasteiger partial charge on any atom is 0.307 e. The molecule has 0 radical (unpaired) electrons. The molecule has 1 aromatic rings. The zero-order valence-electron chi connectivity index (χ0n) is 11.0. The minimum Gasteiger partial charge on any atom is -0.469 e. The summed E-state index contributed by atoms with van der Waals surface area (Å²) in [6, 6.07) is 0.252. The standard InChI is InChI=1S/C13H20N2O2S/c1-3-10-9-18-13(14-10)15-7-5-4-6-11(15)8-12(16)17-2/h9,11H,3-8H2,1-2H3. The van der Waals surface area contributed by atoms with Crippen LogP contribution in [0.1, 0.15) is 38.3 Å². The average molecular weight is 268 g/mol. The van der Waals surface area contributed by atoms with Gasteiger partial charge in [-0.25, -0.2) is 4.98 Å². The summed E-state index contributed by atoms with van der Waals surface area (Å²) in [5, 5.41) is 3.17. The van der Waals surface area contributed by atoms with Gasteiger partial charge in [0.05, 0.1) is 19.2 Å². The summed E-state index contributed by atoms with van der Waals surface area (Å²) in [6.45, 7) is 3.11. The van der Waals surface area contributed by atoms with Crippen LogP contribution in [0.4, 0.5) is 5.13 Å². The molecular weight excluding hydrogens is 248 g/mol. The van der Waals surface area contributed by atoms with Crippen LogP contribution in [0.2, 0.25) is 0 Å². The van der Waals surface area contributed by atoms with E-state index in [0.29, 0.717) is 6.42 Å². The molecule has 0 bridgehead atoms. The van der Waals surface area contributed by atoms with Crippen LogP contribution >= 0.6 is 11.3 Å². The molecule has 4 nitrogen and oxygen atoms in total. The molecule has 5 heteroatoms. The highest BCUT2D eigenvalue weighted by atomic mass is 32.1. The highest BCUT2D eigenvalue weighted by Crippen LogP contribution is 2.29. The van der Waals surface area contributed by atoms with Crippen molar-refractivity contribution in [2.24, 2.45) is 0 Å². The van der Waals surface area contributed by atoms with Crippen LogP contribution in [0.25, 0.3) is 0 Å². The number of esters is 1. The molecule has 100 valence electrons. The highest BCUT2D eigenvalue weighted by Gasteiger charge is 2.27. The first-order chi connectivity index (χ1) is 8.74. The maximum atomic E-state index is 11.5. The molecule has 0 spiro atoms. The second-order valence-electron chi connectivity index (χ2n) is 4.60. The van der Waals surface area contributed by atoms with Gasteiger partial charge in [0, 0.05) is 18.0 Å². The minimum absolute atomic E-state index is 0.126. The molecular formula is C13H20N2O2S. The molecule has 1 fully saturated rings. The Bertz CT molecular complexity index is 405. The molecule has 1 aliphatic rings. The lowest BCUT2D eigenvalue weighted by molar-refractivity contribution is -0.141. The third-order valence-corrected chi connectivity index (χ3v) is 4.33. The van der Waals surface area contributed by atoms with Gasteiger partial charge in [0.25, 0.3) is 0 Å². The highest BCUT2D eigenvalue weighted by molar-refractivity contribution is 7.13. The third-order valence-electron chi connectivity index (χ3n) is 3.40. The number of nitrogens with zero attached hydrogens (tertiary/aromatic N) is 2. The maximum absolute atomic E-state index is 11.5. The molecule has 0 saturated carbocycles. The summed E-state index contributed by atoms with van der Waals surface area (Å²) >= 11 is 1.68. The van der Waals surface area contributed by atoms with E-state index >= 15 is 0 Å². The van der Waals surface area contributed by atoms with Gasteiger partial charge >= 0.3 is 5.97 Å². The summed E-state index contributed by atoms with van der Waals surface area (Å²) in [4.78, 5) is 18.4. The molecule has 1 unspecified atom stereocenters. The lowest BCUT2D eigenvalue weighted by atomic mass is 10.00. The molecule has 0 aliphatic carbocycles. The molecule has 0 aromatic carbocycles. The minimum atomic E-state index is -0.126. The third kappa shape index (κ3) is 3.02. The Hall–Kier alpha value is -1.10. The number of hydrogen-bond donors (Lipinski definition) is 0. The van der Waals surface area contributed by atoms with E-state index in [9.17, 15) is 4.79 Å². The van der Waals surface area contributed by atoms with Crippen molar-refractivity contribution in [1.29, 1.82) is 0 Å². The first-order valence-electron chi connectivity index (χ1n) is 6.52. The number of piperidine rings is 1. The summed E-state index contributed by atoms with van der Waals surface area (Å²) in [5.74, 6) is -0.126. The van der Waals surface area contributed by atoms with E-state index in [-0.39, 0.29) is 12.0 Å². The molecule has 1 saturated heterocycles. The predicted octanol–water partition coefficient (Wildman–Crippen LogP) is 2.63. The number of thiazole rings is 1. The van der Waals surface area contributed by atoms with E-state index in [0.717, 1.165) is 30.2 Å². The lowest BCUT2D eigenvalue weighted by Crippen LogP contribution is -2.41. The van der Waals surface area contributed by atoms with Crippen molar-refractivity contribution >= 4 is 22.4 Å². The van der Waals surface area contributed by atoms with Crippen molar-refractivity contribution in [1.82, 2.24) is 4.98 Å². The number of methoxy groups -OCH3 is 1. The normalized spacial score (nSPS) is 19.9. The number of hydrogen-bond acceptors (Lipinski definition) is 5. The van der Waals surface area contributed by atoms with Gasteiger partial charge < -0.3 is 9.64 Å². The summed E-state index contributed by atoms with van der Waals surface area (Å²) in [6.07, 6.45) is 4.85. The molecule has 1 aromatic heterocycles. The molecule has 0 N–H and O–H groups in total. The summed E-state index contributed by atoms with van der Waals surface area (Å²) in [5.41, 5.74) is 1.14. The average Bonchev–Trinajstić information content (AvgIpc) is 2.88. The summed E-state index contributed by atoms with van der Waals surface area (Å²) in [7, 11) is 1.45. The Balaban J connectivity index is 2.09. The molecule has 0 amide bonds. The van der Waals surface area contributed by atoms with E-state index in [4.69, 9.17) is 4.74 Å². The Morgan fingerprint density at radius 3 is 3.11 bits per heavy atom. The zero-order chi connectivity index (χ0) is 13.0.